The van der Waals surface area contributed by atoms with E-state index in [2.05, 4.69) is 0 Å². The van der Waals surface area contributed by atoms with E-state index in [1.165, 1.54) is 0 Å². The highest BCUT2D eigenvalue weighted by Gasteiger charge is 2.37. The summed E-state index contributed by atoms with van der Waals surface area (Å²) < 4.78 is 0. The minimum Gasteiger partial charge on any atom is -0.346 e. The van der Waals surface area contributed by atoms with Gasteiger partial charge in [0.1, 0.15) is 5.03 Å². The Morgan fingerprint density at radius 3 is 1.20 bits per heavy atom. The smallest absolute Gasteiger partial charge is 0.189 e. The summed E-state index contributed by atoms with van der Waals surface area (Å²) in [5, 5.41) is 11.6. The van der Waals surface area contributed by atoms with Gasteiger partial charge in [-0.2, -0.15) is 0 Å². The third-order valence-corrected chi connectivity index (χ3v) is 7.38. The Labute approximate surface area is 64.0 Å². The highest BCUT2D eigenvalue weighted by Crippen LogP contribution is 2.05. The lowest BCUT2D eigenvalue weighted by molar-refractivity contribution is 0.271. The van der Waals surface area contributed by atoms with Gasteiger partial charge >= 0.3 is 0 Å². The number of rotatable bonds is 2. The molecule has 3 nitrogen and oxygen atoms in total. The van der Waals surface area contributed by atoms with Crippen LogP contribution in [-0.4, -0.2) is 21.5 Å². The topological polar surface area (TPSA) is 69.1 Å². The van der Waals surface area contributed by atoms with Crippen molar-refractivity contribution in [2.75, 3.05) is 0 Å². The van der Waals surface area contributed by atoms with E-state index in [1.807, 2.05) is 26.2 Å². The molecule has 0 amide bonds. The number of hydrogen-bond donors (Lipinski definition) is 2. The van der Waals surface area contributed by atoms with Crippen LogP contribution in [0.1, 0.15) is 0 Å². The summed E-state index contributed by atoms with van der Waals surface area (Å²) in [5.74, 6) is 0. The van der Waals surface area contributed by atoms with Crippen LogP contribution in [-0.2, 0) is 0 Å². The Hall–Kier alpha value is 0.0238. The Morgan fingerprint density at radius 1 is 1.00 bits per heavy atom. The Bertz CT molecular complexity index is 129. The van der Waals surface area contributed by atoms with Crippen LogP contribution in [0.5, 0.6) is 0 Å². The summed E-state index contributed by atoms with van der Waals surface area (Å²) in [4.78, 5) is 11.4. The number of carbonyl (C=O) groups excluding carboxylic acids is 1. The maximum atomic E-state index is 11.4. The van der Waals surface area contributed by atoms with Crippen molar-refractivity contribution in [1.29, 1.82) is 0 Å². The van der Waals surface area contributed by atoms with Crippen LogP contribution in [0.15, 0.2) is 0 Å². The highest BCUT2D eigenvalue weighted by atomic mass is 28.4. The summed E-state index contributed by atoms with van der Waals surface area (Å²) in [6, 6.07) is 0. The monoisotopic (exact) mass is 176 g/mol. The molecule has 0 saturated heterocycles. The van der Waals surface area contributed by atoms with Crippen molar-refractivity contribution < 1.29 is 4.79 Å². The van der Waals surface area contributed by atoms with Gasteiger partial charge in [0.05, 0.1) is 0 Å². The molecule has 0 heterocycles. The van der Waals surface area contributed by atoms with Gasteiger partial charge in [0.2, 0.25) is 0 Å². The molecule has 0 aromatic heterocycles. The SMILES string of the molecule is C[Si](C)(N)C(=O)[Si](C)(C)N. The largest absolute Gasteiger partial charge is 0.346 e. The molecule has 0 aliphatic carbocycles. The molecule has 0 rings (SSSR count). The fourth-order valence-corrected chi connectivity index (χ4v) is 7.47. The lowest BCUT2D eigenvalue weighted by atomic mass is 11.7. The average Bonchev–Trinajstić information content (AvgIpc) is 1.59. The minimum absolute atomic E-state index is 0.153. The third kappa shape index (κ3) is 2.74. The lowest BCUT2D eigenvalue weighted by Gasteiger charge is -2.22. The molecule has 0 radical (unpaired) electrons. The third-order valence-electron chi connectivity index (χ3n) is 1.17. The van der Waals surface area contributed by atoms with Gasteiger partial charge in [0, 0.05) is 0 Å². The first-order valence-corrected chi connectivity index (χ1v) is 9.44. The summed E-state index contributed by atoms with van der Waals surface area (Å²) in [6.45, 7) is 7.32. The molecule has 10 heavy (non-hydrogen) atoms. The van der Waals surface area contributed by atoms with Gasteiger partial charge in [-0.15, -0.1) is 0 Å². The van der Waals surface area contributed by atoms with Gasteiger partial charge in [-0.25, -0.2) is 0 Å². The second-order valence-corrected chi connectivity index (χ2v) is 12.1. The first kappa shape index (κ1) is 10.0. The van der Waals surface area contributed by atoms with Crippen molar-refractivity contribution in [2.24, 2.45) is 10.8 Å². The molecule has 0 aliphatic heterocycles. The van der Waals surface area contributed by atoms with Gasteiger partial charge < -0.3 is 15.6 Å². The normalized spacial score (nSPS) is 13.4. The first-order valence-electron chi connectivity index (χ1n) is 3.28. The molecule has 0 atom stereocenters. The zero-order chi connectivity index (χ0) is 8.58. The van der Waals surface area contributed by atoms with Crippen LogP contribution < -0.4 is 10.8 Å². The molecule has 0 aromatic carbocycles. The lowest BCUT2D eigenvalue weighted by Crippen LogP contribution is -2.62. The molecule has 0 aromatic rings. The molecule has 5 heteroatoms. The molecule has 0 aliphatic rings. The van der Waals surface area contributed by atoms with E-state index in [4.69, 9.17) is 10.8 Å². The molecule has 0 saturated carbocycles. The molecule has 0 unspecified atom stereocenters. The van der Waals surface area contributed by atoms with Crippen LogP contribution in [0.25, 0.3) is 0 Å². The molecule has 0 fully saturated rings. The average molecular weight is 176 g/mol. The summed E-state index contributed by atoms with van der Waals surface area (Å²) in [5.41, 5.74) is 0. The Morgan fingerprint density at radius 2 is 1.20 bits per heavy atom. The van der Waals surface area contributed by atoms with Crippen LogP contribution in [0, 0.1) is 0 Å². The van der Waals surface area contributed by atoms with Crippen molar-refractivity contribution in [1.82, 2.24) is 0 Å². The number of nitrogens with two attached hydrogens (primary N) is 2. The van der Waals surface area contributed by atoms with E-state index in [0.717, 1.165) is 0 Å². The zero-order valence-electron chi connectivity index (χ0n) is 7.06. The maximum absolute atomic E-state index is 11.4. The Kier molecular flexibility index (Phi) is 2.58. The Balaban J connectivity index is 4.40. The highest BCUT2D eigenvalue weighted by molar-refractivity contribution is 7.29. The quantitative estimate of drug-likeness (QED) is 0.605. The number of hydrogen-bond acceptors (Lipinski definition) is 3. The first-order chi connectivity index (χ1) is 4.15. The van der Waals surface area contributed by atoms with Crippen molar-refractivity contribution in [2.45, 2.75) is 26.2 Å². The predicted octanol–water partition coefficient (Wildman–Crippen LogP) is 0.597. The van der Waals surface area contributed by atoms with E-state index >= 15 is 0 Å². The molecular weight excluding hydrogens is 160 g/mol. The van der Waals surface area contributed by atoms with Gasteiger partial charge in [-0.05, 0) is 0 Å². The van der Waals surface area contributed by atoms with E-state index in [9.17, 15) is 4.79 Å². The van der Waals surface area contributed by atoms with E-state index in [0.29, 0.717) is 0 Å². The summed E-state index contributed by atoms with van der Waals surface area (Å²) in [7, 11) is -4.20. The van der Waals surface area contributed by atoms with E-state index in [1.54, 1.807) is 0 Å². The van der Waals surface area contributed by atoms with Crippen LogP contribution in [0.2, 0.25) is 26.2 Å². The zero-order valence-corrected chi connectivity index (χ0v) is 9.06. The van der Waals surface area contributed by atoms with E-state index in [-0.39, 0.29) is 5.03 Å². The van der Waals surface area contributed by atoms with Crippen LogP contribution >= 0.6 is 0 Å². The molecular formula is C5H16N2OSi2. The second-order valence-electron chi connectivity index (χ2n) is 3.77. The van der Waals surface area contributed by atoms with Crippen LogP contribution in [0.3, 0.4) is 0 Å². The molecule has 4 N–H and O–H groups in total. The van der Waals surface area contributed by atoms with Crippen molar-refractivity contribution in [3.63, 3.8) is 0 Å². The van der Waals surface area contributed by atoms with Crippen LogP contribution in [0.4, 0.5) is 4.79 Å². The fourth-order valence-electron chi connectivity index (χ4n) is 0.830. The predicted molar refractivity (Wildman–Crippen MR) is 48.7 cm³/mol. The molecule has 0 bridgehead atoms. The maximum Gasteiger partial charge on any atom is 0.189 e. The van der Waals surface area contributed by atoms with E-state index < -0.39 is 16.5 Å². The fraction of sp³-hybridized carbons (Fsp3) is 0.800. The second kappa shape index (κ2) is 2.57. The van der Waals surface area contributed by atoms with Gasteiger partial charge in [0.25, 0.3) is 0 Å². The van der Waals surface area contributed by atoms with Crippen molar-refractivity contribution in [3.05, 3.63) is 0 Å². The van der Waals surface area contributed by atoms with Gasteiger partial charge in [-0.3, -0.25) is 0 Å². The summed E-state index contributed by atoms with van der Waals surface area (Å²) >= 11 is 0. The van der Waals surface area contributed by atoms with Crippen molar-refractivity contribution in [3.8, 4) is 0 Å². The molecule has 60 valence electrons. The molecule has 0 spiro atoms. The standard InChI is InChI=1S/C5H16N2OSi2/c1-9(2,6)5(8)10(3,4)7/h6-7H2,1-4H3. The van der Waals surface area contributed by atoms with Crippen molar-refractivity contribution >= 4 is 21.5 Å². The minimum atomic E-state index is -2.10. The summed E-state index contributed by atoms with van der Waals surface area (Å²) in [6.07, 6.45) is 0. The van der Waals surface area contributed by atoms with Gasteiger partial charge in [-0.1, -0.05) is 26.2 Å². The number of carbonyl (C=O) groups is 1. The van der Waals surface area contributed by atoms with Gasteiger partial charge in [0.15, 0.2) is 16.5 Å².